The van der Waals surface area contributed by atoms with Gasteiger partial charge in [-0.05, 0) is 18.8 Å². The molecule has 0 aromatic rings. The van der Waals surface area contributed by atoms with Crippen LogP contribution < -0.4 is 5.32 Å². The lowest BCUT2D eigenvalue weighted by atomic mass is 10.0. The largest absolute Gasteiger partial charge is 0.310 e. The molecule has 0 spiro atoms. The van der Waals surface area contributed by atoms with Crippen LogP contribution in [0.25, 0.3) is 0 Å². The van der Waals surface area contributed by atoms with E-state index in [1.165, 1.54) is 0 Å². The van der Waals surface area contributed by atoms with Crippen molar-refractivity contribution in [1.82, 2.24) is 5.32 Å². The number of hydrogen-bond acceptors (Lipinski definition) is 3. The van der Waals surface area contributed by atoms with Gasteiger partial charge in [-0.1, -0.05) is 20.8 Å². The standard InChI is InChI=1S/C10H21NO2S/c1-4-10(8(2)3)11-9-5-6-14(12,13)7-9/h8-11H,4-7H2,1-3H3/t9-,10+/m0/s1. The molecule has 1 heterocycles. The van der Waals surface area contributed by atoms with Crippen molar-refractivity contribution in [1.29, 1.82) is 0 Å². The first kappa shape index (κ1) is 12.0. The summed E-state index contributed by atoms with van der Waals surface area (Å²) in [6, 6.07) is 0.639. The molecule has 1 aliphatic heterocycles. The number of hydrogen-bond donors (Lipinski definition) is 1. The Morgan fingerprint density at radius 1 is 1.43 bits per heavy atom. The first-order chi connectivity index (χ1) is 6.44. The molecule has 0 amide bonds. The predicted octanol–water partition coefficient (Wildman–Crippen LogP) is 1.20. The topological polar surface area (TPSA) is 46.2 Å². The van der Waals surface area contributed by atoms with Crippen molar-refractivity contribution in [3.8, 4) is 0 Å². The van der Waals surface area contributed by atoms with Gasteiger partial charge in [0.25, 0.3) is 0 Å². The fraction of sp³-hybridized carbons (Fsp3) is 1.00. The van der Waals surface area contributed by atoms with Crippen LogP contribution in [0, 0.1) is 5.92 Å². The minimum Gasteiger partial charge on any atom is -0.310 e. The van der Waals surface area contributed by atoms with Gasteiger partial charge < -0.3 is 5.32 Å². The highest BCUT2D eigenvalue weighted by atomic mass is 32.2. The van der Waals surface area contributed by atoms with Crippen LogP contribution in [0.4, 0.5) is 0 Å². The third-order valence-corrected chi connectivity index (χ3v) is 4.69. The summed E-state index contributed by atoms with van der Waals surface area (Å²) in [4.78, 5) is 0. The van der Waals surface area contributed by atoms with E-state index in [1.54, 1.807) is 0 Å². The van der Waals surface area contributed by atoms with Gasteiger partial charge in [-0.25, -0.2) is 8.42 Å². The summed E-state index contributed by atoms with van der Waals surface area (Å²) in [6.07, 6.45) is 1.85. The molecule has 1 saturated heterocycles. The van der Waals surface area contributed by atoms with Gasteiger partial charge in [0.05, 0.1) is 11.5 Å². The molecule has 1 rings (SSSR count). The van der Waals surface area contributed by atoms with Gasteiger partial charge in [0.1, 0.15) is 0 Å². The van der Waals surface area contributed by atoms with Crippen molar-refractivity contribution in [2.24, 2.45) is 5.92 Å². The highest BCUT2D eigenvalue weighted by Crippen LogP contribution is 2.15. The van der Waals surface area contributed by atoms with Crippen LogP contribution in [0.15, 0.2) is 0 Å². The van der Waals surface area contributed by atoms with E-state index in [1.807, 2.05) is 0 Å². The van der Waals surface area contributed by atoms with Crippen LogP contribution in [-0.4, -0.2) is 32.0 Å². The van der Waals surface area contributed by atoms with E-state index in [9.17, 15) is 8.42 Å². The minimum absolute atomic E-state index is 0.187. The van der Waals surface area contributed by atoms with Gasteiger partial charge in [0, 0.05) is 12.1 Å². The molecule has 3 nitrogen and oxygen atoms in total. The molecular weight excluding hydrogens is 198 g/mol. The van der Waals surface area contributed by atoms with Gasteiger partial charge in [-0.2, -0.15) is 0 Å². The lowest BCUT2D eigenvalue weighted by molar-refractivity contribution is 0.354. The summed E-state index contributed by atoms with van der Waals surface area (Å²) in [7, 11) is -2.74. The fourth-order valence-electron chi connectivity index (χ4n) is 2.01. The zero-order chi connectivity index (χ0) is 10.8. The Bertz CT molecular complexity index is 272. The van der Waals surface area contributed by atoms with Crippen molar-refractivity contribution in [3.63, 3.8) is 0 Å². The zero-order valence-corrected chi connectivity index (χ0v) is 10.1. The van der Waals surface area contributed by atoms with Crippen LogP contribution in [0.5, 0.6) is 0 Å². The van der Waals surface area contributed by atoms with Crippen LogP contribution in [-0.2, 0) is 9.84 Å². The van der Waals surface area contributed by atoms with E-state index in [-0.39, 0.29) is 6.04 Å². The normalized spacial score (nSPS) is 28.1. The van der Waals surface area contributed by atoms with Crippen LogP contribution in [0.1, 0.15) is 33.6 Å². The molecule has 0 radical (unpaired) electrons. The molecule has 1 fully saturated rings. The van der Waals surface area contributed by atoms with Crippen LogP contribution in [0.2, 0.25) is 0 Å². The van der Waals surface area contributed by atoms with Gasteiger partial charge in [0.2, 0.25) is 0 Å². The van der Waals surface area contributed by atoms with E-state index >= 15 is 0 Å². The number of sulfone groups is 1. The molecule has 0 aromatic carbocycles. The molecule has 1 N–H and O–H groups in total. The maximum absolute atomic E-state index is 11.2. The maximum Gasteiger partial charge on any atom is 0.151 e. The highest BCUT2D eigenvalue weighted by Gasteiger charge is 2.29. The van der Waals surface area contributed by atoms with Crippen LogP contribution in [0.3, 0.4) is 0 Å². The highest BCUT2D eigenvalue weighted by molar-refractivity contribution is 7.91. The Labute approximate surface area is 87.2 Å². The monoisotopic (exact) mass is 219 g/mol. The van der Waals surface area contributed by atoms with Crippen molar-refractivity contribution in [3.05, 3.63) is 0 Å². The van der Waals surface area contributed by atoms with Gasteiger partial charge >= 0.3 is 0 Å². The van der Waals surface area contributed by atoms with E-state index in [0.29, 0.717) is 23.5 Å². The number of rotatable bonds is 4. The summed E-state index contributed by atoms with van der Waals surface area (Å²) in [5.41, 5.74) is 0. The van der Waals surface area contributed by atoms with Crippen molar-refractivity contribution < 1.29 is 8.42 Å². The lowest BCUT2D eigenvalue weighted by Crippen LogP contribution is -2.41. The Balaban J connectivity index is 2.45. The predicted molar refractivity (Wildman–Crippen MR) is 59.1 cm³/mol. The molecule has 2 atom stereocenters. The minimum atomic E-state index is -2.74. The second-order valence-electron chi connectivity index (χ2n) is 4.53. The quantitative estimate of drug-likeness (QED) is 0.773. The molecule has 84 valence electrons. The Morgan fingerprint density at radius 2 is 2.07 bits per heavy atom. The fourth-order valence-corrected chi connectivity index (χ4v) is 3.70. The third-order valence-electron chi connectivity index (χ3n) is 2.93. The average Bonchev–Trinajstić information content (AvgIpc) is 2.41. The van der Waals surface area contributed by atoms with Gasteiger partial charge in [-0.15, -0.1) is 0 Å². The Kier molecular flexibility index (Phi) is 3.95. The van der Waals surface area contributed by atoms with E-state index in [4.69, 9.17) is 0 Å². The van der Waals surface area contributed by atoms with E-state index in [0.717, 1.165) is 12.8 Å². The summed E-state index contributed by atoms with van der Waals surface area (Å²) < 4.78 is 22.5. The van der Waals surface area contributed by atoms with Crippen LogP contribution >= 0.6 is 0 Å². The molecule has 0 saturated carbocycles. The Morgan fingerprint density at radius 3 is 2.43 bits per heavy atom. The first-order valence-corrected chi connectivity index (χ1v) is 7.23. The van der Waals surface area contributed by atoms with Crippen molar-refractivity contribution in [2.45, 2.75) is 45.7 Å². The average molecular weight is 219 g/mol. The summed E-state index contributed by atoms with van der Waals surface area (Å²) in [5, 5.41) is 3.44. The van der Waals surface area contributed by atoms with E-state index < -0.39 is 9.84 Å². The summed E-state index contributed by atoms with van der Waals surface area (Å²) in [6.45, 7) is 6.48. The summed E-state index contributed by atoms with van der Waals surface area (Å²) in [5.74, 6) is 1.26. The summed E-state index contributed by atoms with van der Waals surface area (Å²) >= 11 is 0. The smallest absolute Gasteiger partial charge is 0.151 e. The SMILES string of the molecule is CC[C@@H](N[C@H]1CCS(=O)(=O)C1)C(C)C. The second kappa shape index (κ2) is 4.62. The first-order valence-electron chi connectivity index (χ1n) is 5.41. The molecule has 0 unspecified atom stereocenters. The Hall–Kier alpha value is -0.0900. The number of nitrogens with one attached hydrogen (secondary N) is 1. The third kappa shape index (κ3) is 3.24. The van der Waals surface area contributed by atoms with Crippen molar-refractivity contribution in [2.75, 3.05) is 11.5 Å². The molecule has 0 bridgehead atoms. The van der Waals surface area contributed by atoms with Gasteiger partial charge in [0.15, 0.2) is 9.84 Å². The van der Waals surface area contributed by atoms with Gasteiger partial charge in [-0.3, -0.25) is 0 Å². The lowest BCUT2D eigenvalue weighted by Gasteiger charge is -2.24. The maximum atomic E-state index is 11.2. The zero-order valence-electron chi connectivity index (χ0n) is 9.29. The molecule has 0 aromatic heterocycles. The molecule has 1 aliphatic rings. The molecular formula is C10H21NO2S. The van der Waals surface area contributed by atoms with Crippen molar-refractivity contribution >= 4 is 9.84 Å². The second-order valence-corrected chi connectivity index (χ2v) is 6.75. The molecule has 0 aliphatic carbocycles. The molecule has 14 heavy (non-hydrogen) atoms. The van der Waals surface area contributed by atoms with E-state index in [2.05, 4.69) is 26.1 Å². The molecule has 4 heteroatoms.